The van der Waals surface area contributed by atoms with E-state index in [0.29, 0.717) is 36.0 Å². The van der Waals surface area contributed by atoms with Crippen molar-refractivity contribution in [3.8, 4) is 11.5 Å². The summed E-state index contributed by atoms with van der Waals surface area (Å²) in [5, 5.41) is 9.00. The molecule has 2 aromatic carbocycles. The lowest BCUT2D eigenvalue weighted by molar-refractivity contribution is 0.0697. The molecule has 1 N–H and O–H groups in total. The molecular formula is C18H13NO5. The molecule has 0 fully saturated rings. The van der Waals surface area contributed by atoms with Gasteiger partial charge in [0.25, 0.3) is 0 Å². The molecule has 0 aliphatic carbocycles. The Bertz CT molecular complexity index is 957. The summed E-state index contributed by atoms with van der Waals surface area (Å²) in [6, 6.07) is 10.3. The molecule has 6 nitrogen and oxygen atoms in total. The highest BCUT2D eigenvalue weighted by molar-refractivity contribution is 5.92. The van der Waals surface area contributed by atoms with E-state index in [2.05, 4.69) is 4.98 Å². The number of carboxylic acids is 1. The number of aromatic carboxylic acids is 1. The van der Waals surface area contributed by atoms with Gasteiger partial charge < -0.3 is 19.0 Å². The molecule has 0 unspecified atom stereocenters. The topological polar surface area (TPSA) is 81.8 Å². The Labute approximate surface area is 136 Å². The number of benzene rings is 2. The van der Waals surface area contributed by atoms with Gasteiger partial charge in [0.05, 0.1) is 5.56 Å². The van der Waals surface area contributed by atoms with Gasteiger partial charge in [0.2, 0.25) is 5.89 Å². The van der Waals surface area contributed by atoms with Crippen LogP contribution in [0.4, 0.5) is 0 Å². The molecule has 1 aromatic heterocycles. The van der Waals surface area contributed by atoms with Crippen molar-refractivity contribution in [3.05, 3.63) is 53.4 Å². The van der Waals surface area contributed by atoms with Crippen molar-refractivity contribution >= 4 is 29.2 Å². The summed E-state index contributed by atoms with van der Waals surface area (Å²) in [7, 11) is 0. The summed E-state index contributed by atoms with van der Waals surface area (Å²) < 4.78 is 16.6. The Balaban J connectivity index is 1.61. The molecule has 1 aliphatic rings. The number of ether oxygens (including phenoxy) is 2. The van der Waals surface area contributed by atoms with E-state index in [0.717, 1.165) is 11.3 Å². The van der Waals surface area contributed by atoms with Crippen LogP contribution in [0.3, 0.4) is 0 Å². The van der Waals surface area contributed by atoms with Gasteiger partial charge in [-0.3, -0.25) is 0 Å². The van der Waals surface area contributed by atoms with Crippen LogP contribution in [-0.2, 0) is 0 Å². The Morgan fingerprint density at radius 1 is 1.04 bits per heavy atom. The number of rotatable bonds is 3. The van der Waals surface area contributed by atoms with Crippen molar-refractivity contribution in [2.45, 2.75) is 0 Å². The first-order valence-corrected chi connectivity index (χ1v) is 7.41. The van der Waals surface area contributed by atoms with Crippen LogP contribution in [0.15, 0.2) is 40.8 Å². The second-order valence-electron chi connectivity index (χ2n) is 5.28. The van der Waals surface area contributed by atoms with E-state index in [4.69, 9.17) is 19.0 Å². The van der Waals surface area contributed by atoms with E-state index < -0.39 is 5.97 Å². The van der Waals surface area contributed by atoms with Crippen LogP contribution in [0.25, 0.3) is 23.3 Å². The molecule has 0 atom stereocenters. The van der Waals surface area contributed by atoms with Gasteiger partial charge in [-0.05, 0) is 42.0 Å². The molecule has 2 heterocycles. The summed E-state index contributed by atoms with van der Waals surface area (Å²) in [5.41, 5.74) is 2.15. The van der Waals surface area contributed by atoms with Crippen LogP contribution in [0.5, 0.6) is 11.5 Å². The van der Waals surface area contributed by atoms with Crippen molar-refractivity contribution in [2.24, 2.45) is 0 Å². The van der Waals surface area contributed by atoms with Gasteiger partial charge in [-0.2, -0.15) is 0 Å². The molecule has 0 amide bonds. The number of hydrogen-bond donors (Lipinski definition) is 1. The molecule has 120 valence electrons. The molecule has 0 spiro atoms. The standard InChI is InChI=1S/C18H13NO5/c20-18(21)12-3-4-13-15(10-12)24-17(19-13)6-2-11-1-5-14-16(9-11)23-8-7-22-14/h1-6,9-10H,7-8H2,(H,20,21)/b6-2+. The average molecular weight is 323 g/mol. The Morgan fingerprint density at radius 3 is 2.71 bits per heavy atom. The maximum Gasteiger partial charge on any atom is 0.335 e. The van der Waals surface area contributed by atoms with Crippen molar-refractivity contribution in [1.82, 2.24) is 4.98 Å². The summed E-state index contributed by atoms with van der Waals surface area (Å²) in [6.07, 6.45) is 3.58. The van der Waals surface area contributed by atoms with Crippen LogP contribution in [0, 0.1) is 0 Å². The predicted molar refractivity (Wildman–Crippen MR) is 87.3 cm³/mol. The van der Waals surface area contributed by atoms with E-state index in [9.17, 15) is 4.79 Å². The fourth-order valence-corrected chi connectivity index (χ4v) is 2.48. The van der Waals surface area contributed by atoms with Gasteiger partial charge in [-0.1, -0.05) is 6.07 Å². The number of nitrogens with zero attached hydrogens (tertiary/aromatic N) is 1. The van der Waals surface area contributed by atoms with Crippen molar-refractivity contribution in [1.29, 1.82) is 0 Å². The van der Waals surface area contributed by atoms with Crippen LogP contribution in [0.2, 0.25) is 0 Å². The number of hydrogen-bond acceptors (Lipinski definition) is 5. The van der Waals surface area contributed by atoms with Crippen molar-refractivity contribution < 1.29 is 23.8 Å². The Morgan fingerprint density at radius 2 is 1.88 bits per heavy atom. The van der Waals surface area contributed by atoms with E-state index in [1.807, 2.05) is 24.3 Å². The summed E-state index contributed by atoms with van der Waals surface area (Å²) in [6.45, 7) is 1.10. The minimum Gasteiger partial charge on any atom is -0.486 e. The van der Waals surface area contributed by atoms with Crippen molar-refractivity contribution in [2.75, 3.05) is 13.2 Å². The lowest BCUT2D eigenvalue weighted by Crippen LogP contribution is -2.15. The second kappa shape index (κ2) is 5.73. The zero-order valence-corrected chi connectivity index (χ0v) is 12.6. The van der Waals surface area contributed by atoms with E-state index >= 15 is 0 Å². The maximum absolute atomic E-state index is 11.0. The summed E-state index contributed by atoms with van der Waals surface area (Å²) in [4.78, 5) is 15.3. The summed E-state index contributed by atoms with van der Waals surface area (Å²) >= 11 is 0. The zero-order valence-electron chi connectivity index (χ0n) is 12.6. The third kappa shape index (κ3) is 2.69. The first kappa shape index (κ1) is 14.3. The fraction of sp³-hybridized carbons (Fsp3) is 0.111. The molecule has 0 saturated carbocycles. The fourth-order valence-electron chi connectivity index (χ4n) is 2.48. The lowest BCUT2D eigenvalue weighted by atomic mass is 10.2. The molecule has 6 heteroatoms. The van der Waals surface area contributed by atoms with Gasteiger partial charge in [-0.15, -0.1) is 0 Å². The van der Waals surface area contributed by atoms with E-state index in [-0.39, 0.29) is 5.56 Å². The van der Waals surface area contributed by atoms with Crippen LogP contribution in [-0.4, -0.2) is 29.3 Å². The van der Waals surface area contributed by atoms with Gasteiger partial charge in [0.1, 0.15) is 18.7 Å². The first-order valence-electron chi connectivity index (χ1n) is 7.41. The number of fused-ring (bicyclic) bond motifs is 2. The first-order chi connectivity index (χ1) is 11.7. The van der Waals surface area contributed by atoms with Crippen LogP contribution in [0.1, 0.15) is 21.8 Å². The lowest BCUT2D eigenvalue weighted by Gasteiger charge is -2.18. The highest BCUT2D eigenvalue weighted by atomic mass is 16.6. The monoisotopic (exact) mass is 323 g/mol. The van der Waals surface area contributed by atoms with Gasteiger partial charge in [0, 0.05) is 6.08 Å². The average Bonchev–Trinajstić information content (AvgIpc) is 3.01. The molecule has 0 saturated heterocycles. The van der Waals surface area contributed by atoms with E-state index in [1.54, 1.807) is 12.1 Å². The second-order valence-corrected chi connectivity index (χ2v) is 5.28. The Kier molecular flexibility index (Phi) is 3.42. The van der Waals surface area contributed by atoms with Gasteiger partial charge in [0.15, 0.2) is 17.1 Å². The SMILES string of the molecule is O=C(O)c1ccc2nc(/C=C/c3ccc4c(c3)OCCO4)oc2c1. The Hall–Kier alpha value is -3.28. The van der Waals surface area contributed by atoms with Crippen LogP contribution >= 0.6 is 0 Å². The number of carbonyl (C=O) groups is 1. The number of carboxylic acid groups (broad SMARTS) is 1. The molecule has 24 heavy (non-hydrogen) atoms. The summed E-state index contributed by atoms with van der Waals surface area (Å²) in [5.74, 6) is 0.859. The van der Waals surface area contributed by atoms with E-state index in [1.165, 1.54) is 12.1 Å². The highest BCUT2D eigenvalue weighted by Gasteiger charge is 2.11. The van der Waals surface area contributed by atoms with Crippen molar-refractivity contribution in [3.63, 3.8) is 0 Å². The van der Waals surface area contributed by atoms with Crippen LogP contribution < -0.4 is 9.47 Å². The minimum atomic E-state index is -0.998. The number of aromatic nitrogens is 1. The molecule has 3 aromatic rings. The van der Waals surface area contributed by atoms with Gasteiger partial charge in [-0.25, -0.2) is 9.78 Å². The quantitative estimate of drug-likeness (QED) is 0.795. The molecule has 0 bridgehead atoms. The predicted octanol–water partition coefficient (Wildman–Crippen LogP) is 3.47. The normalized spacial score (nSPS) is 13.5. The third-order valence-electron chi connectivity index (χ3n) is 3.64. The zero-order chi connectivity index (χ0) is 16.5. The largest absolute Gasteiger partial charge is 0.486 e. The van der Waals surface area contributed by atoms with Gasteiger partial charge >= 0.3 is 5.97 Å². The highest BCUT2D eigenvalue weighted by Crippen LogP contribution is 2.31. The third-order valence-corrected chi connectivity index (χ3v) is 3.64. The molecule has 4 rings (SSSR count). The molecule has 1 aliphatic heterocycles. The minimum absolute atomic E-state index is 0.168. The smallest absolute Gasteiger partial charge is 0.335 e. The molecule has 0 radical (unpaired) electrons. The maximum atomic E-state index is 11.0. The number of oxazole rings is 1. The molecular weight excluding hydrogens is 310 g/mol.